The van der Waals surface area contributed by atoms with Gasteiger partial charge < -0.3 is 15.0 Å². The molecule has 1 aromatic carbocycles. The van der Waals surface area contributed by atoms with Crippen LogP contribution < -0.4 is 0 Å². The van der Waals surface area contributed by atoms with Gasteiger partial charge in [-0.25, -0.2) is 0 Å². The van der Waals surface area contributed by atoms with Crippen molar-refractivity contribution in [2.75, 3.05) is 19.7 Å². The smallest absolute Gasteiger partial charge is 0.270 e. The first kappa shape index (κ1) is 13.4. The number of aliphatic hydroxyl groups is 1. The van der Waals surface area contributed by atoms with Gasteiger partial charge in [-0.2, -0.15) is 0 Å². The van der Waals surface area contributed by atoms with Crippen LogP contribution in [0.1, 0.15) is 16.1 Å². The Hall–Kier alpha value is -2.07. The van der Waals surface area contributed by atoms with Crippen molar-refractivity contribution in [3.05, 3.63) is 59.9 Å². The predicted molar refractivity (Wildman–Crippen MR) is 73.9 cm³/mol. The molecule has 0 spiro atoms. The van der Waals surface area contributed by atoms with Crippen molar-refractivity contribution in [3.8, 4) is 0 Å². The number of carbonyl (C=O) groups excluding carboxylic acids is 1. The lowest BCUT2D eigenvalue weighted by atomic mass is 10.1. The first-order valence-electron chi connectivity index (χ1n) is 6.38. The Labute approximate surface area is 112 Å². The predicted octanol–water partition coefficient (Wildman–Crippen LogP) is 1.69. The maximum Gasteiger partial charge on any atom is 0.270 e. The molecule has 19 heavy (non-hydrogen) atoms. The van der Waals surface area contributed by atoms with E-state index in [1.807, 2.05) is 30.3 Å². The third kappa shape index (κ3) is 3.69. The topological polar surface area (TPSA) is 56.3 Å². The largest absolute Gasteiger partial charge is 0.395 e. The number of amides is 1. The quantitative estimate of drug-likeness (QED) is 0.828. The summed E-state index contributed by atoms with van der Waals surface area (Å²) < 4.78 is 0. The van der Waals surface area contributed by atoms with Crippen molar-refractivity contribution in [3.63, 3.8) is 0 Å². The summed E-state index contributed by atoms with van der Waals surface area (Å²) in [4.78, 5) is 16.8. The molecule has 1 heterocycles. The molecule has 0 saturated carbocycles. The van der Waals surface area contributed by atoms with E-state index in [1.54, 1.807) is 23.2 Å². The first-order chi connectivity index (χ1) is 9.31. The molecule has 0 unspecified atom stereocenters. The second-order valence-corrected chi connectivity index (χ2v) is 4.34. The highest BCUT2D eigenvalue weighted by atomic mass is 16.3. The molecule has 100 valence electrons. The maximum atomic E-state index is 12.2. The van der Waals surface area contributed by atoms with Crippen LogP contribution in [0.2, 0.25) is 0 Å². The number of benzene rings is 1. The minimum atomic E-state index is -0.0741. The van der Waals surface area contributed by atoms with Crippen molar-refractivity contribution in [2.45, 2.75) is 6.42 Å². The Kier molecular flexibility index (Phi) is 4.75. The van der Waals surface area contributed by atoms with Crippen molar-refractivity contribution >= 4 is 5.91 Å². The molecule has 0 radical (unpaired) electrons. The van der Waals surface area contributed by atoms with E-state index in [-0.39, 0.29) is 12.5 Å². The molecule has 0 fully saturated rings. The molecule has 0 bridgehead atoms. The number of carbonyl (C=O) groups is 1. The summed E-state index contributed by atoms with van der Waals surface area (Å²) in [5.41, 5.74) is 1.74. The molecule has 4 heteroatoms. The zero-order chi connectivity index (χ0) is 13.5. The Balaban J connectivity index is 1.98. The molecule has 1 amide bonds. The van der Waals surface area contributed by atoms with Gasteiger partial charge in [0, 0.05) is 19.3 Å². The standard InChI is InChI=1S/C15H18N2O2/c18-12-11-17(15(19)14-7-4-9-16-14)10-8-13-5-2-1-3-6-13/h1-7,9,16,18H,8,10-12H2. The fraction of sp³-hybridized carbons (Fsp3) is 0.267. The maximum absolute atomic E-state index is 12.2. The van der Waals surface area contributed by atoms with E-state index in [0.717, 1.165) is 6.42 Å². The number of rotatable bonds is 6. The van der Waals surface area contributed by atoms with Crippen LogP contribution in [-0.2, 0) is 6.42 Å². The van der Waals surface area contributed by atoms with Gasteiger partial charge in [-0.05, 0) is 24.1 Å². The summed E-state index contributed by atoms with van der Waals surface area (Å²) in [7, 11) is 0. The SMILES string of the molecule is O=C(c1ccc[nH]1)N(CCO)CCc1ccccc1. The number of hydrogen-bond acceptors (Lipinski definition) is 2. The molecule has 2 aromatic rings. The van der Waals surface area contributed by atoms with Crippen molar-refractivity contribution in [2.24, 2.45) is 0 Å². The molecule has 4 nitrogen and oxygen atoms in total. The zero-order valence-corrected chi connectivity index (χ0v) is 10.7. The molecule has 2 rings (SSSR count). The van der Waals surface area contributed by atoms with Gasteiger partial charge in [0.1, 0.15) is 5.69 Å². The van der Waals surface area contributed by atoms with Crippen LogP contribution in [0.15, 0.2) is 48.7 Å². The van der Waals surface area contributed by atoms with Gasteiger partial charge in [-0.1, -0.05) is 30.3 Å². The Morgan fingerprint density at radius 1 is 1.11 bits per heavy atom. The molecule has 0 saturated heterocycles. The van der Waals surface area contributed by atoms with Crippen LogP contribution in [0.5, 0.6) is 0 Å². The average molecular weight is 258 g/mol. The van der Waals surface area contributed by atoms with Gasteiger partial charge in [0.25, 0.3) is 5.91 Å². The van der Waals surface area contributed by atoms with E-state index in [2.05, 4.69) is 4.98 Å². The van der Waals surface area contributed by atoms with Crippen LogP contribution >= 0.6 is 0 Å². The summed E-state index contributed by atoms with van der Waals surface area (Å²) in [6.45, 7) is 0.925. The molecule has 0 aliphatic carbocycles. The Morgan fingerprint density at radius 2 is 1.89 bits per heavy atom. The number of aromatic nitrogens is 1. The lowest BCUT2D eigenvalue weighted by Crippen LogP contribution is -2.35. The number of hydrogen-bond donors (Lipinski definition) is 2. The fourth-order valence-corrected chi connectivity index (χ4v) is 1.98. The highest BCUT2D eigenvalue weighted by molar-refractivity contribution is 5.92. The number of H-pyrrole nitrogens is 1. The minimum Gasteiger partial charge on any atom is -0.395 e. The minimum absolute atomic E-state index is 0.0265. The Morgan fingerprint density at radius 3 is 2.53 bits per heavy atom. The van der Waals surface area contributed by atoms with E-state index in [1.165, 1.54) is 5.56 Å². The number of aromatic amines is 1. The molecular formula is C15H18N2O2. The third-order valence-electron chi connectivity index (χ3n) is 3.00. The number of aliphatic hydroxyl groups excluding tert-OH is 1. The number of nitrogens with zero attached hydrogens (tertiary/aromatic N) is 1. The normalized spacial score (nSPS) is 10.4. The van der Waals surface area contributed by atoms with E-state index >= 15 is 0 Å². The van der Waals surface area contributed by atoms with Gasteiger partial charge in [-0.3, -0.25) is 4.79 Å². The van der Waals surface area contributed by atoms with Gasteiger partial charge >= 0.3 is 0 Å². The third-order valence-corrected chi connectivity index (χ3v) is 3.00. The number of nitrogens with one attached hydrogen (secondary N) is 1. The van der Waals surface area contributed by atoms with Gasteiger partial charge in [0.2, 0.25) is 0 Å². The molecule has 0 aliphatic heterocycles. The second kappa shape index (κ2) is 6.75. The van der Waals surface area contributed by atoms with Crippen LogP contribution in [0.4, 0.5) is 0 Å². The second-order valence-electron chi connectivity index (χ2n) is 4.34. The van der Waals surface area contributed by atoms with E-state index in [9.17, 15) is 4.79 Å². The summed E-state index contributed by atoms with van der Waals surface area (Å²) in [5, 5.41) is 9.08. The van der Waals surface area contributed by atoms with Crippen LogP contribution in [0.3, 0.4) is 0 Å². The molecule has 0 atom stereocenters. The lowest BCUT2D eigenvalue weighted by molar-refractivity contribution is 0.0719. The lowest BCUT2D eigenvalue weighted by Gasteiger charge is -2.21. The summed E-state index contributed by atoms with van der Waals surface area (Å²) in [6.07, 6.45) is 2.51. The molecule has 2 N–H and O–H groups in total. The van der Waals surface area contributed by atoms with Gasteiger partial charge in [-0.15, -0.1) is 0 Å². The van der Waals surface area contributed by atoms with E-state index in [0.29, 0.717) is 18.8 Å². The molecule has 1 aromatic heterocycles. The Bertz CT molecular complexity index is 494. The zero-order valence-electron chi connectivity index (χ0n) is 10.7. The fourth-order valence-electron chi connectivity index (χ4n) is 1.98. The van der Waals surface area contributed by atoms with E-state index < -0.39 is 0 Å². The first-order valence-corrected chi connectivity index (χ1v) is 6.38. The average Bonchev–Trinajstić information content (AvgIpc) is 2.98. The molecular weight excluding hydrogens is 240 g/mol. The highest BCUT2D eigenvalue weighted by Gasteiger charge is 2.15. The summed E-state index contributed by atoms with van der Waals surface area (Å²) in [5.74, 6) is -0.0741. The summed E-state index contributed by atoms with van der Waals surface area (Å²) in [6, 6.07) is 13.6. The summed E-state index contributed by atoms with van der Waals surface area (Å²) >= 11 is 0. The van der Waals surface area contributed by atoms with Crippen molar-refractivity contribution in [1.29, 1.82) is 0 Å². The molecule has 0 aliphatic rings. The van der Waals surface area contributed by atoms with Crippen molar-refractivity contribution in [1.82, 2.24) is 9.88 Å². The van der Waals surface area contributed by atoms with Crippen LogP contribution in [0, 0.1) is 0 Å². The van der Waals surface area contributed by atoms with Gasteiger partial charge in [0.05, 0.1) is 6.61 Å². The van der Waals surface area contributed by atoms with Crippen LogP contribution in [-0.4, -0.2) is 40.6 Å². The van der Waals surface area contributed by atoms with Crippen molar-refractivity contribution < 1.29 is 9.90 Å². The highest BCUT2D eigenvalue weighted by Crippen LogP contribution is 2.05. The van der Waals surface area contributed by atoms with Crippen LogP contribution in [0.25, 0.3) is 0 Å². The van der Waals surface area contributed by atoms with Gasteiger partial charge in [0.15, 0.2) is 0 Å². The monoisotopic (exact) mass is 258 g/mol. The van der Waals surface area contributed by atoms with E-state index in [4.69, 9.17) is 5.11 Å².